The highest BCUT2D eigenvalue weighted by atomic mass is 35.5. The molecular formula is C14H14ClFO2. The van der Waals surface area contributed by atoms with E-state index in [-0.39, 0.29) is 12.2 Å². The fourth-order valence-corrected chi connectivity index (χ4v) is 2.19. The van der Waals surface area contributed by atoms with Crippen LogP contribution in [-0.4, -0.2) is 5.11 Å². The zero-order valence-electron chi connectivity index (χ0n) is 10.2. The Hall–Kier alpha value is -1.32. The second-order valence-electron chi connectivity index (χ2n) is 4.32. The molecule has 1 unspecified atom stereocenters. The molecular weight excluding hydrogens is 255 g/mol. The molecule has 0 aliphatic rings. The first-order valence-electron chi connectivity index (χ1n) is 5.66. The van der Waals surface area contributed by atoms with E-state index in [1.807, 2.05) is 6.92 Å². The average molecular weight is 269 g/mol. The van der Waals surface area contributed by atoms with Gasteiger partial charge in [-0.1, -0.05) is 11.6 Å². The summed E-state index contributed by atoms with van der Waals surface area (Å²) in [5.74, 6) is 1.02. The molecule has 0 saturated carbocycles. The Morgan fingerprint density at radius 1 is 1.33 bits per heavy atom. The Morgan fingerprint density at radius 2 is 2.06 bits per heavy atom. The number of aliphatic hydroxyl groups is 1. The Labute approximate surface area is 110 Å². The van der Waals surface area contributed by atoms with E-state index < -0.39 is 6.10 Å². The summed E-state index contributed by atoms with van der Waals surface area (Å²) in [6.45, 7) is 3.59. The van der Waals surface area contributed by atoms with Gasteiger partial charge in [0.15, 0.2) is 0 Å². The van der Waals surface area contributed by atoms with Gasteiger partial charge in [-0.15, -0.1) is 0 Å². The number of aryl methyl sites for hydroxylation is 2. The lowest BCUT2D eigenvalue weighted by molar-refractivity contribution is 0.175. The van der Waals surface area contributed by atoms with Gasteiger partial charge in [0.25, 0.3) is 0 Å². The van der Waals surface area contributed by atoms with Crippen molar-refractivity contribution >= 4 is 11.6 Å². The van der Waals surface area contributed by atoms with Gasteiger partial charge in [-0.2, -0.15) is 0 Å². The average Bonchev–Trinajstić information content (AvgIpc) is 2.63. The van der Waals surface area contributed by atoms with Gasteiger partial charge >= 0.3 is 0 Å². The molecule has 1 aromatic heterocycles. The molecule has 96 valence electrons. The van der Waals surface area contributed by atoms with Crippen LogP contribution in [-0.2, 0) is 6.42 Å². The molecule has 0 fully saturated rings. The molecule has 0 radical (unpaired) electrons. The van der Waals surface area contributed by atoms with Crippen LogP contribution in [0, 0.1) is 19.7 Å². The van der Waals surface area contributed by atoms with Gasteiger partial charge in [0.05, 0.1) is 6.10 Å². The second kappa shape index (κ2) is 5.12. The van der Waals surface area contributed by atoms with E-state index in [0.717, 1.165) is 5.76 Å². The van der Waals surface area contributed by atoms with Crippen LogP contribution in [0.5, 0.6) is 0 Å². The predicted molar refractivity (Wildman–Crippen MR) is 68.3 cm³/mol. The normalized spacial score (nSPS) is 12.7. The molecule has 18 heavy (non-hydrogen) atoms. The number of halogens is 2. The highest BCUT2D eigenvalue weighted by Gasteiger charge is 2.17. The Bertz CT molecular complexity index is 563. The minimum atomic E-state index is -0.796. The number of rotatable bonds is 3. The quantitative estimate of drug-likeness (QED) is 0.914. The minimum Gasteiger partial charge on any atom is -0.466 e. The number of aliphatic hydroxyl groups excluding tert-OH is 1. The molecule has 1 N–H and O–H groups in total. The van der Waals surface area contributed by atoms with Crippen molar-refractivity contribution in [2.75, 3.05) is 0 Å². The van der Waals surface area contributed by atoms with Crippen molar-refractivity contribution in [1.29, 1.82) is 0 Å². The summed E-state index contributed by atoms with van der Waals surface area (Å²) in [4.78, 5) is 0. The highest BCUT2D eigenvalue weighted by Crippen LogP contribution is 2.26. The first kappa shape index (κ1) is 13.1. The van der Waals surface area contributed by atoms with E-state index in [4.69, 9.17) is 16.0 Å². The topological polar surface area (TPSA) is 33.4 Å². The van der Waals surface area contributed by atoms with E-state index in [9.17, 15) is 9.50 Å². The number of benzene rings is 1. The second-order valence-corrected chi connectivity index (χ2v) is 4.76. The lowest BCUT2D eigenvalue weighted by atomic mass is 10.0. The van der Waals surface area contributed by atoms with Crippen LogP contribution in [0.4, 0.5) is 4.39 Å². The van der Waals surface area contributed by atoms with Crippen molar-refractivity contribution < 1.29 is 13.9 Å². The molecule has 1 heterocycles. The van der Waals surface area contributed by atoms with Crippen molar-refractivity contribution in [3.05, 3.63) is 57.8 Å². The van der Waals surface area contributed by atoms with Crippen LogP contribution in [0.25, 0.3) is 0 Å². The van der Waals surface area contributed by atoms with Crippen molar-refractivity contribution in [2.45, 2.75) is 26.4 Å². The number of furan rings is 1. The molecule has 0 saturated heterocycles. The van der Waals surface area contributed by atoms with Crippen LogP contribution in [0.15, 0.2) is 28.7 Å². The summed E-state index contributed by atoms with van der Waals surface area (Å²) in [5, 5.41) is 10.6. The molecule has 0 aliphatic carbocycles. The standard InChI is InChI=1S/C14H14ClFO2/c1-8-5-12(9(2)18-8)14(17)7-10-6-11(15)3-4-13(10)16/h3-6,14,17H,7H2,1-2H3. The van der Waals surface area contributed by atoms with E-state index in [2.05, 4.69) is 0 Å². The molecule has 1 atom stereocenters. The van der Waals surface area contributed by atoms with Crippen LogP contribution in [0.1, 0.15) is 28.8 Å². The summed E-state index contributed by atoms with van der Waals surface area (Å²) >= 11 is 5.81. The third kappa shape index (κ3) is 2.74. The van der Waals surface area contributed by atoms with Gasteiger partial charge < -0.3 is 9.52 Å². The lowest BCUT2D eigenvalue weighted by Crippen LogP contribution is -2.03. The summed E-state index contributed by atoms with van der Waals surface area (Å²) in [7, 11) is 0. The lowest BCUT2D eigenvalue weighted by Gasteiger charge is -2.10. The molecule has 1 aromatic carbocycles. The van der Waals surface area contributed by atoms with Gasteiger partial charge in [0, 0.05) is 17.0 Å². The van der Waals surface area contributed by atoms with Crippen LogP contribution >= 0.6 is 11.6 Å². The smallest absolute Gasteiger partial charge is 0.126 e. The largest absolute Gasteiger partial charge is 0.466 e. The van der Waals surface area contributed by atoms with Gasteiger partial charge in [-0.05, 0) is 43.7 Å². The van der Waals surface area contributed by atoms with E-state index >= 15 is 0 Å². The summed E-state index contributed by atoms with van der Waals surface area (Å²) in [6.07, 6.45) is -0.623. The molecule has 4 heteroatoms. The van der Waals surface area contributed by atoms with Crippen molar-refractivity contribution in [3.63, 3.8) is 0 Å². The molecule has 0 aliphatic heterocycles. The first-order chi connectivity index (χ1) is 8.47. The van der Waals surface area contributed by atoms with Gasteiger partial charge in [0.1, 0.15) is 17.3 Å². The Kier molecular flexibility index (Phi) is 3.73. The maximum absolute atomic E-state index is 13.6. The van der Waals surface area contributed by atoms with Crippen LogP contribution < -0.4 is 0 Å². The van der Waals surface area contributed by atoms with Gasteiger partial charge in [0.2, 0.25) is 0 Å². The molecule has 0 amide bonds. The monoisotopic (exact) mass is 268 g/mol. The third-order valence-corrected chi connectivity index (χ3v) is 3.09. The molecule has 2 aromatic rings. The van der Waals surface area contributed by atoms with Crippen molar-refractivity contribution in [1.82, 2.24) is 0 Å². The minimum absolute atomic E-state index is 0.173. The highest BCUT2D eigenvalue weighted by molar-refractivity contribution is 6.30. The third-order valence-electron chi connectivity index (χ3n) is 2.86. The van der Waals surface area contributed by atoms with Crippen LogP contribution in [0.3, 0.4) is 0 Å². The van der Waals surface area contributed by atoms with E-state index in [0.29, 0.717) is 21.9 Å². The summed E-state index contributed by atoms with van der Waals surface area (Å²) < 4.78 is 18.9. The number of hydrogen-bond donors (Lipinski definition) is 1. The molecule has 0 bridgehead atoms. The van der Waals surface area contributed by atoms with Gasteiger partial charge in [-0.25, -0.2) is 4.39 Å². The van der Waals surface area contributed by atoms with E-state index in [1.54, 1.807) is 13.0 Å². The SMILES string of the molecule is Cc1cc(C(O)Cc2cc(Cl)ccc2F)c(C)o1. The van der Waals surface area contributed by atoms with E-state index in [1.165, 1.54) is 18.2 Å². The van der Waals surface area contributed by atoms with Gasteiger partial charge in [-0.3, -0.25) is 0 Å². The molecule has 0 spiro atoms. The first-order valence-corrected chi connectivity index (χ1v) is 6.04. The Morgan fingerprint density at radius 3 is 2.67 bits per heavy atom. The number of hydrogen-bond acceptors (Lipinski definition) is 2. The Balaban J connectivity index is 2.23. The van der Waals surface area contributed by atoms with Crippen LogP contribution in [0.2, 0.25) is 5.02 Å². The summed E-state index contributed by atoms with van der Waals surface area (Å²) in [5.41, 5.74) is 1.08. The molecule has 2 nitrogen and oxygen atoms in total. The zero-order chi connectivity index (χ0) is 13.3. The van der Waals surface area contributed by atoms with Crippen molar-refractivity contribution in [2.24, 2.45) is 0 Å². The van der Waals surface area contributed by atoms with Crippen molar-refractivity contribution in [3.8, 4) is 0 Å². The predicted octanol–water partition coefficient (Wildman–Crippen LogP) is 3.97. The zero-order valence-corrected chi connectivity index (χ0v) is 11.0. The fourth-order valence-electron chi connectivity index (χ4n) is 2.00. The summed E-state index contributed by atoms with van der Waals surface area (Å²) in [6, 6.07) is 6.09. The fraction of sp³-hybridized carbons (Fsp3) is 0.286. The molecule has 2 rings (SSSR count). The maximum Gasteiger partial charge on any atom is 0.126 e. The maximum atomic E-state index is 13.6.